The molecular formula is C20H23ClFNO4. The standard InChI is InChI=1S/C20H23ClFNO4/c21-14-1-2-16(15(22)4-14)23-17(24)10-27-18(25)9-19-5-12-3-13(6-19)8-20(26,7-12)11-19/h1-2,4,12-13,26H,3,5-11H2,(H,23,24)/t12-,13+,19?,20?. The van der Waals surface area contributed by atoms with E-state index in [9.17, 15) is 19.1 Å². The van der Waals surface area contributed by atoms with Crippen molar-refractivity contribution in [2.45, 2.75) is 50.5 Å². The molecule has 4 aliphatic rings. The first-order valence-corrected chi connectivity index (χ1v) is 9.75. The van der Waals surface area contributed by atoms with Crippen LogP contribution in [0.1, 0.15) is 44.9 Å². The van der Waals surface area contributed by atoms with E-state index in [1.807, 2.05) is 0 Å². The smallest absolute Gasteiger partial charge is 0.306 e. The van der Waals surface area contributed by atoms with Crippen LogP contribution < -0.4 is 5.32 Å². The molecule has 5 nitrogen and oxygen atoms in total. The van der Waals surface area contributed by atoms with E-state index in [0.717, 1.165) is 38.2 Å². The van der Waals surface area contributed by atoms with Crippen LogP contribution in [0.4, 0.5) is 10.1 Å². The van der Waals surface area contributed by atoms with E-state index in [4.69, 9.17) is 16.3 Å². The van der Waals surface area contributed by atoms with Gasteiger partial charge in [-0.25, -0.2) is 4.39 Å². The van der Waals surface area contributed by atoms with Gasteiger partial charge in [0.15, 0.2) is 6.61 Å². The minimum absolute atomic E-state index is 0.0104. The molecule has 27 heavy (non-hydrogen) atoms. The first kappa shape index (κ1) is 18.7. The highest BCUT2D eigenvalue weighted by Crippen LogP contribution is 2.62. The minimum Gasteiger partial charge on any atom is -0.456 e. The van der Waals surface area contributed by atoms with Crippen molar-refractivity contribution in [2.24, 2.45) is 17.3 Å². The van der Waals surface area contributed by atoms with Crippen molar-refractivity contribution < 1.29 is 23.8 Å². The van der Waals surface area contributed by atoms with Gasteiger partial charge in [-0.05, 0) is 74.0 Å². The van der Waals surface area contributed by atoms with Crippen LogP contribution in [0.25, 0.3) is 0 Å². The van der Waals surface area contributed by atoms with Crippen LogP contribution in [0, 0.1) is 23.1 Å². The molecule has 0 spiro atoms. The number of hydrogen-bond donors (Lipinski definition) is 2. The zero-order chi connectivity index (χ0) is 19.2. The zero-order valence-electron chi connectivity index (χ0n) is 15.0. The summed E-state index contributed by atoms with van der Waals surface area (Å²) in [4.78, 5) is 24.3. The molecule has 2 unspecified atom stereocenters. The lowest BCUT2D eigenvalue weighted by molar-refractivity contribution is -0.177. The summed E-state index contributed by atoms with van der Waals surface area (Å²) in [6.45, 7) is -0.464. The number of carbonyl (C=O) groups excluding carboxylic acids is 2. The van der Waals surface area contributed by atoms with Crippen molar-refractivity contribution in [1.82, 2.24) is 0 Å². The van der Waals surface area contributed by atoms with Crippen LogP contribution in [-0.2, 0) is 14.3 Å². The second kappa shape index (κ2) is 6.74. The highest BCUT2D eigenvalue weighted by atomic mass is 35.5. The van der Waals surface area contributed by atoms with Crippen LogP contribution in [0.2, 0.25) is 5.02 Å². The summed E-state index contributed by atoms with van der Waals surface area (Å²) in [5.41, 5.74) is -0.841. The Labute approximate surface area is 162 Å². The molecule has 5 rings (SSSR count). The molecule has 7 heteroatoms. The van der Waals surface area contributed by atoms with Gasteiger partial charge in [0.25, 0.3) is 5.91 Å². The number of ether oxygens (including phenoxy) is 1. The number of esters is 1. The van der Waals surface area contributed by atoms with Crippen molar-refractivity contribution in [1.29, 1.82) is 0 Å². The van der Waals surface area contributed by atoms with Crippen molar-refractivity contribution in [3.05, 3.63) is 29.0 Å². The van der Waals surface area contributed by atoms with Crippen LogP contribution in [-0.4, -0.2) is 29.2 Å². The molecule has 0 heterocycles. The molecule has 1 aromatic carbocycles. The van der Waals surface area contributed by atoms with Crippen molar-refractivity contribution >= 4 is 29.2 Å². The quantitative estimate of drug-likeness (QED) is 0.746. The monoisotopic (exact) mass is 395 g/mol. The Morgan fingerprint density at radius 2 is 1.96 bits per heavy atom. The Bertz CT molecular complexity index is 769. The summed E-state index contributed by atoms with van der Waals surface area (Å²) in [6.07, 6.45) is 5.60. The summed E-state index contributed by atoms with van der Waals surface area (Å²) in [6, 6.07) is 3.92. The fourth-order valence-corrected chi connectivity index (χ4v) is 6.05. The normalized spacial score (nSPS) is 33.7. The van der Waals surface area contributed by atoms with Gasteiger partial charge in [-0.2, -0.15) is 0 Å². The number of anilines is 1. The molecule has 0 radical (unpaired) electrons. The molecule has 0 aromatic heterocycles. The summed E-state index contributed by atoms with van der Waals surface area (Å²) in [5, 5.41) is 13.3. The lowest BCUT2D eigenvalue weighted by Gasteiger charge is -2.60. The molecule has 0 aliphatic heterocycles. The van der Waals surface area contributed by atoms with Crippen molar-refractivity contribution in [2.75, 3.05) is 11.9 Å². The van der Waals surface area contributed by atoms with E-state index in [0.29, 0.717) is 18.3 Å². The Kier molecular flexibility index (Phi) is 4.67. The van der Waals surface area contributed by atoms with Gasteiger partial charge in [0.1, 0.15) is 5.82 Å². The van der Waals surface area contributed by atoms with Crippen LogP contribution in [0.5, 0.6) is 0 Å². The lowest BCUT2D eigenvalue weighted by Crippen LogP contribution is -2.56. The number of amides is 1. The predicted octanol–water partition coefficient (Wildman–Crippen LogP) is 3.68. The maximum Gasteiger partial charge on any atom is 0.306 e. The van der Waals surface area contributed by atoms with E-state index in [2.05, 4.69) is 5.32 Å². The molecular weight excluding hydrogens is 373 g/mol. The van der Waals surface area contributed by atoms with Gasteiger partial charge in [-0.1, -0.05) is 11.6 Å². The number of carbonyl (C=O) groups is 2. The van der Waals surface area contributed by atoms with Gasteiger partial charge in [-0.15, -0.1) is 0 Å². The van der Waals surface area contributed by atoms with Gasteiger partial charge >= 0.3 is 5.97 Å². The molecule has 4 fully saturated rings. The van der Waals surface area contributed by atoms with Crippen LogP contribution in [0.3, 0.4) is 0 Å². The fourth-order valence-electron chi connectivity index (χ4n) is 5.89. The third-order valence-corrected chi connectivity index (χ3v) is 6.48. The Hall–Kier alpha value is -1.66. The van der Waals surface area contributed by atoms with E-state index in [-0.39, 0.29) is 22.5 Å². The lowest BCUT2D eigenvalue weighted by atomic mass is 9.47. The average Bonchev–Trinajstić information content (AvgIpc) is 2.53. The third-order valence-electron chi connectivity index (χ3n) is 6.24. The van der Waals surface area contributed by atoms with E-state index < -0.39 is 29.9 Å². The fraction of sp³-hybridized carbons (Fsp3) is 0.600. The number of rotatable bonds is 5. The molecule has 4 saturated carbocycles. The predicted molar refractivity (Wildman–Crippen MR) is 97.7 cm³/mol. The summed E-state index contributed by atoms with van der Waals surface area (Å²) in [7, 11) is 0. The summed E-state index contributed by atoms with van der Waals surface area (Å²) >= 11 is 5.67. The maximum absolute atomic E-state index is 13.7. The number of nitrogens with one attached hydrogen (secondary N) is 1. The number of hydrogen-bond acceptors (Lipinski definition) is 4. The highest BCUT2D eigenvalue weighted by molar-refractivity contribution is 6.30. The van der Waals surface area contributed by atoms with Gasteiger partial charge in [0.2, 0.25) is 0 Å². The van der Waals surface area contributed by atoms with Crippen LogP contribution in [0.15, 0.2) is 18.2 Å². The zero-order valence-corrected chi connectivity index (χ0v) is 15.7. The number of halogens is 2. The van der Waals surface area contributed by atoms with E-state index in [1.165, 1.54) is 12.1 Å². The molecule has 4 atom stereocenters. The number of aliphatic hydroxyl groups is 1. The third kappa shape index (κ3) is 3.97. The van der Waals surface area contributed by atoms with Gasteiger partial charge < -0.3 is 15.2 Å². The topological polar surface area (TPSA) is 75.6 Å². The SMILES string of the molecule is O=C(COC(=O)CC12C[C@@H]3C[C@@H](CC(O)(C3)C1)C2)Nc1ccc(Cl)cc1F. The Balaban J connectivity index is 1.30. The van der Waals surface area contributed by atoms with Crippen molar-refractivity contribution in [3.63, 3.8) is 0 Å². The molecule has 0 saturated heterocycles. The first-order valence-electron chi connectivity index (χ1n) is 9.37. The van der Waals surface area contributed by atoms with Gasteiger partial charge in [0.05, 0.1) is 17.7 Å². The molecule has 2 N–H and O–H groups in total. The van der Waals surface area contributed by atoms with Gasteiger partial charge in [-0.3, -0.25) is 9.59 Å². The molecule has 146 valence electrons. The Morgan fingerprint density at radius 1 is 1.26 bits per heavy atom. The second-order valence-electron chi connectivity index (χ2n) is 8.70. The molecule has 1 aromatic rings. The largest absolute Gasteiger partial charge is 0.456 e. The van der Waals surface area contributed by atoms with E-state index in [1.54, 1.807) is 0 Å². The first-order chi connectivity index (χ1) is 12.7. The second-order valence-corrected chi connectivity index (χ2v) is 9.13. The summed E-state index contributed by atoms with van der Waals surface area (Å²) in [5.74, 6) is -0.717. The Morgan fingerprint density at radius 3 is 2.59 bits per heavy atom. The average molecular weight is 396 g/mol. The van der Waals surface area contributed by atoms with E-state index >= 15 is 0 Å². The van der Waals surface area contributed by atoms with Gasteiger partial charge in [0, 0.05) is 5.02 Å². The summed E-state index contributed by atoms with van der Waals surface area (Å²) < 4.78 is 18.8. The maximum atomic E-state index is 13.7. The highest BCUT2D eigenvalue weighted by Gasteiger charge is 2.57. The molecule has 1 amide bonds. The van der Waals surface area contributed by atoms with Crippen LogP contribution >= 0.6 is 11.6 Å². The van der Waals surface area contributed by atoms with Crippen molar-refractivity contribution in [3.8, 4) is 0 Å². The minimum atomic E-state index is -0.649. The molecule has 4 bridgehead atoms. The molecule has 4 aliphatic carbocycles. The number of benzene rings is 1.